The van der Waals surface area contributed by atoms with Crippen molar-refractivity contribution in [2.45, 2.75) is 19.3 Å². The first-order chi connectivity index (χ1) is 7.54. The van der Waals surface area contributed by atoms with Crippen LogP contribution in [0.2, 0.25) is 0 Å². The second-order valence-corrected chi connectivity index (χ2v) is 3.80. The maximum absolute atomic E-state index is 11.6. The highest BCUT2D eigenvalue weighted by Gasteiger charge is 2.46. The molecule has 90 valence electrons. The number of amides is 1. The summed E-state index contributed by atoms with van der Waals surface area (Å²) in [6.07, 6.45) is 0.419. The highest BCUT2D eigenvalue weighted by molar-refractivity contribution is 5.90. The van der Waals surface area contributed by atoms with E-state index in [1.165, 1.54) is 14.2 Å². The number of carbonyl (C=O) groups excluding carboxylic acids is 3. The Morgan fingerprint density at radius 3 is 2.50 bits per heavy atom. The molecule has 0 aromatic carbocycles. The van der Waals surface area contributed by atoms with E-state index in [1.807, 2.05) is 0 Å². The Morgan fingerprint density at radius 1 is 1.38 bits per heavy atom. The minimum Gasteiger partial charge on any atom is -0.469 e. The van der Waals surface area contributed by atoms with Gasteiger partial charge in [0.15, 0.2) is 0 Å². The normalized spacial score (nSPS) is 23.8. The van der Waals surface area contributed by atoms with Crippen LogP contribution in [0.5, 0.6) is 0 Å². The van der Waals surface area contributed by atoms with Gasteiger partial charge in [0.05, 0.1) is 19.6 Å². The van der Waals surface area contributed by atoms with E-state index in [2.05, 4.69) is 14.8 Å². The average molecular weight is 229 g/mol. The monoisotopic (exact) mass is 229 g/mol. The van der Waals surface area contributed by atoms with Gasteiger partial charge in [-0.15, -0.1) is 0 Å². The second-order valence-electron chi connectivity index (χ2n) is 3.80. The molecule has 6 nitrogen and oxygen atoms in total. The van der Waals surface area contributed by atoms with Gasteiger partial charge in [-0.25, -0.2) is 0 Å². The lowest BCUT2D eigenvalue weighted by Gasteiger charge is -2.22. The van der Waals surface area contributed by atoms with Crippen molar-refractivity contribution in [2.75, 3.05) is 20.8 Å². The van der Waals surface area contributed by atoms with Crippen LogP contribution in [0.4, 0.5) is 0 Å². The predicted octanol–water partition coefficient (Wildman–Crippen LogP) is -0.381. The van der Waals surface area contributed by atoms with Crippen LogP contribution in [0.1, 0.15) is 19.3 Å². The lowest BCUT2D eigenvalue weighted by molar-refractivity contribution is -0.153. The summed E-state index contributed by atoms with van der Waals surface area (Å²) in [7, 11) is 2.55. The van der Waals surface area contributed by atoms with Gasteiger partial charge in [0.1, 0.15) is 0 Å². The van der Waals surface area contributed by atoms with Gasteiger partial charge in [-0.3, -0.25) is 14.4 Å². The molecule has 1 unspecified atom stereocenters. The van der Waals surface area contributed by atoms with E-state index in [1.54, 1.807) is 0 Å². The van der Waals surface area contributed by atoms with Crippen molar-refractivity contribution in [3.05, 3.63) is 0 Å². The molecular weight excluding hydrogens is 214 g/mol. The summed E-state index contributed by atoms with van der Waals surface area (Å²) in [5.74, 6) is -1.06. The van der Waals surface area contributed by atoms with Crippen LogP contribution < -0.4 is 5.32 Å². The first-order valence-electron chi connectivity index (χ1n) is 4.96. The molecular formula is C10H15NO5. The number of carbonyl (C=O) groups is 3. The fraction of sp³-hybridized carbons (Fsp3) is 0.700. The van der Waals surface area contributed by atoms with Crippen LogP contribution in [0.3, 0.4) is 0 Å². The molecule has 1 atom stereocenters. The molecule has 0 bridgehead atoms. The summed E-state index contributed by atoms with van der Waals surface area (Å²) < 4.78 is 9.17. The zero-order valence-electron chi connectivity index (χ0n) is 9.37. The Kier molecular flexibility index (Phi) is 3.87. The number of methoxy groups -OCH3 is 2. The lowest BCUT2D eigenvalue weighted by Crippen LogP contribution is -2.35. The SMILES string of the molecule is COC(=O)CCC1(C(=O)OC)CNC(=O)C1. The molecule has 1 rings (SSSR count). The fourth-order valence-electron chi connectivity index (χ4n) is 1.78. The summed E-state index contributed by atoms with van der Waals surface area (Å²) in [5.41, 5.74) is -0.917. The highest BCUT2D eigenvalue weighted by atomic mass is 16.5. The Morgan fingerprint density at radius 2 is 2.06 bits per heavy atom. The lowest BCUT2D eigenvalue weighted by atomic mass is 9.82. The minimum absolute atomic E-state index is 0.0661. The van der Waals surface area contributed by atoms with E-state index < -0.39 is 17.4 Å². The van der Waals surface area contributed by atoms with Crippen molar-refractivity contribution in [3.63, 3.8) is 0 Å². The minimum atomic E-state index is -0.917. The molecule has 1 N–H and O–H groups in total. The van der Waals surface area contributed by atoms with Crippen molar-refractivity contribution >= 4 is 17.8 Å². The molecule has 0 aromatic rings. The Balaban J connectivity index is 2.69. The molecule has 1 aliphatic heterocycles. The highest BCUT2D eigenvalue weighted by Crippen LogP contribution is 2.33. The smallest absolute Gasteiger partial charge is 0.314 e. The Hall–Kier alpha value is -1.59. The van der Waals surface area contributed by atoms with Gasteiger partial charge in [-0.1, -0.05) is 0 Å². The number of esters is 2. The van der Waals surface area contributed by atoms with Crippen LogP contribution >= 0.6 is 0 Å². The number of hydrogen-bond acceptors (Lipinski definition) is 5. The van der Waals surface area contributed by atoms with E-state index >= 15 is 0 Å². The summed E-state index contributed by atoms with van der Waals surface area (Å²) >= 11 is 0. The zero-order chi connectivity index (χ0) is 12.2. The first-order valence-corrected chi connectivity index (χ1v) is 4.96. The first kappa shape index (κ1) is 12.5. The molecule has 0 radical (unpaired) electrons. The molecule has 1 heterocycles. The number of rotatable bonds is 4. The van der Waals surface area contributed by atoms with Gasteiger partial charge < -0.3 is 14.8 Å². The molecule has 1 aliphatic rings. The molecule has 0 aliphatic carbocycles. The number of hydrogen-bond donors (Lipinski definition) is 1. The summed E-state index contributed by atoms with van der Waals surface area (Å²) in [6, 6.07) is 0. The van der Waals surface area contributed by atoms with Crippen LogP contribution in [0.25, 0.3) is 0 Å². The van der Waals surface area contributed by atoms with Gasteiger partial charge in [0, 0.05) is 19.4 Å². The quantitative estimate of drug-likeness (QED) is 0.664. The third kappa shape index (κ3) is 2.50. The second kappa shape index (κ2) is 4.96. The van der Waals surface area contributed by atoms with Gasteiger partial charge in [0.25, 0.3) is 0 Å². The zero-order valence-corrected chi connectivity index (χ0v) is 9.37. The van der Waals surface area contributed by atoms with Gasteiger partial charge >= 0.3 is 11.9 Å². The van der Waals surface area contributed by atoms with Crippen molar-refractivity contribution in [3.8, 4) is 0 Å². The van der Waals surface area contributed by atoms with Crippen LogP contribution in [-0.4, -0.2) is 38.6 Å². The number of ether oxygens (including phenoxy) is 2. The summed E-state index contributed by atoms with van der Waals surface area (Å²) in [4.78, 5) is 33.8. The molecule has 1 fully saturated rings. The number of nitrogens with one attached hydrogen (secondary N) is 1. The predicted molar refractivity (Wildman–Crippen MR) is 53.3 cm³/mol. The average Bonchev–Trinajstić information content (AvgIpc) is 2.68. The van der Waals surface area contributed by atoms with Crippen molar-refractivity contribution in [2.24, 2.45) is 5.41 Å². The Bertz CT molecular complexity index is 314. The van der Waals surface area contributed by atoms with E-state index in [0.29, 0.717) is 0 Å². The molecule has 16 heavy (non-hydrogen) atoms. The maximum Gasteiger partial charge on any atom is 0.314 e. The van der Waals surface area contributed by atoms with Gasteiger partial charge in [0.2, 0.25) is 5.91 Å². The standard InChI is InChI=1S/C10H15NO5/c1-15-8(13)3-4-10(9(14)16-2)5-7(12)11-6-10/h3-6H2,1-2H3,(H,11,12). The summed E-state index contributed by atoms with van der Waals surface area (Å²) in [6.45, 7) is 0.218. The molecule has 6 heteroatoms. The van der Waals surface area contributed by atoms with Crippen LogP contribution in [-0.2, 0) is 23.9 Å². The largest absolute Gasteiger partial charge is 0.469 e. The van der Waals surface area contributed by atoms with Gasteiger partial charge in [-0.05, 0) is 6.42 Å². The third-order valence-electron chi connectivity index (χ3n) is 2.78. The van der Waals surface area contributed by atoms with Gasteiger partial charge in [-0.2, -0.15) is 0 Å². The molecule has 0 saturated carbocycles. The maximum atomic E-state index is 11.6. The van der Waals surface area contributed by atoms with Crippen molar-refractivity contribution in [1.29, 1.82) is 0 Å². The van der Waals surface area contributed by atoms with Crippen LogP contribution in [0, 0.1) is 5.41 Å². The molecule has 0 spiro atoms. The fourth-order valence-corrected chi connectivity index (χ4v) is 1.78. The molecule has 0 aromatic heterocycles. The van der Waals surface area contributed by atoms with Crippen molar-refractivity contribution in [1.82, 2.24) is 5.32 Å². The van der Waals surface area contributed by atoms with Crippen molar-refractivity contribution < 1.29 is 23.9 Å². The molecule has 1 amide bonds. The third-order valence-corrected chi connectivity index (χ3v) is 2.78. The Labute approximate surface area is 93.3 Å². The van der Waals surface area contributed by atoms with E-state index in [4.69, 9.17) is 0 Å². The summed E-state index contributed by atoms with van der Waals surface area (Å²) in [5, 5.41) is 2.58. The van der Waals surface area contributed by atoms with E-state index in [-0.39, 0.29) is 31.7 Å². The van der Waals surface area contributed by atoms with E-state index in [9.17, 15) is 14.4 Å². The van der Waals surface area contributed by atoms with E-state index in [0.717, 1.165) is 0 Å². The molecule has 1 saturated heterocycles. The van der Waals surface area contributed by atoms with Crippen LogP contribution in [0.15, 0.2) is 0 Å². The topological polar surface area (TPSA) is 81.7 Å².